The molecule has 1 aromatic carbocycles. The van der Waals surface area contributed by atoms with Gasteiger partial charge < -0.3 is 5.73 Å². The number of aromatic amines is 1. The molecule has 0 spiro atoms. The minimum Gasteiger partial charge on any atom is -0.382 e. The lowest BCUT2D eigenvalue weighted by atomic mass is 9.99. The van der Waals surface area contributed by atoms with Gasteiger partial charge in [-0.25, -0.2) is 4.39 Å². The largest absolute Gasteiger partial charge is 0.382 e. The summed E-state index contributed by atoms with van der Waals surface area (Å²) < 4.78 is 14.0. The van der Waals surface area contributed by atoms with Crippen LogP contribution in [0.3, 0.4) is 0 Å². The molecule has 0 radical (unpaired) electrons. The second kappa shape index (κ2) is 5.10. The van der Waals surface area contributed by atoms with Gasteiger partial charge in [0.25, 0.3) is 0 Å². The highest BCUT2D eigenvalue weighted by Crippen LogP contribution is 2.33. The third kappa shape index (κ3) is 2.41. The monoisotopic (exact) mass is 311 g/mol. The van der Waals surface area contributed by atoms with E-state index in [4.69, 9.17) is 5.73 Å². The van der Waals surface area contributed by atoms with Gasteiger partial charge in [-0.15, -0.1) is 0 Å². The number of H-pyrrole nitrogens is 1. The number of nitrogens with one attached hydrogen (secondary N) is 1. The first kappa shape index (κ1) is 13.1. The number of anilines is 1. The number of benzene rings is 1. The van der Waals surface area contributed by atoms with Gasteiger partial charge in [-0.3, -0.25) is 5.10 Å². The number of nitrogens with zero attached hydrogens (tertiary/aromatic N) is 1. The van der Waals surface area contributed by atoms with Gasteiger partial charge in [-0.1, -0.05) is 26.0 Å². The van der Waals surface area contributed by atoms with Crippen LogP contribution in [0.5, 0.6) is 0 Å². The van der Waals surface area contributed by atoms with Crippen LogP contribution in [0.2, 0.25) is 0 Å². The zero-order chi connectivity index (χ0) is 13.3. The molecule has 0 fully saturated rings. The van der Waals surface area contributed by atoms with Crippen LogP contribution in [0.4, 0.5) is 10.2 Å². The molecule has 0 saturated carbocycles. The Hall–Kier alpha value is -1.36. The molecule has 2 rings (SSSR count). The van der Waals surface area contributed by atoms with Crippen molar-refractivity contribution in [1.82, 2.24) is 10.2 Å². The molecule has 5 heteroatoms. The normalized spacial score (nSPS) is 11.2. The number of hydrogen-bond acceptors (Lipinski definition) is 2. The van der Waals surface area contributed by atoms with Gasteiger partial charge in [0, 0.05) is 11.1 Å². The Labute approximate surface area is 114 Å². The standard InChI is InChI=1S/C13H15BrFN3/c1-7(2)6-9-12(17-18-13(9)16)8-4-3-5-10(15)11(8)14/h3-5,7H,6H2,1-2H3,(H3,16,17,18). The van der Waals surface area contributed by atoms with Crippen LogP contribution in [0.1, 0.15) is 19.4 Å². The molecule has 0 bridgehead atoms. The molecule has 0 saturated heterocycles. The Morgan fingerprint density at radius 3 is 2.83 bits per heavy atom. The summed E-state index contributed by atoms with van der Waals surface area (Å²) in [5.74, 6) is 0.641. The lowest BCUT2D eigenvalue weighted by molar-refractivity contribution is 0.621. The molecular weight excluding hydrogens is 297 g/mol. The quantitative estimate of drug-likeness (QED) is 0.906. The Morgan fingerprint density at radius 1 is 1.44 bits per heavy atom. The summed E-state index contributed by atoms with van der Waals surface area (Å²) in [6.07, 6.45) is 0.806. The first-order valence-electron chi connectivity index (χ1n) is 5.77. The summed E-state index contributed by atoms with van der Waals surface area (Å²) >= 11 is 3.26. The van der Waals surface area contributed by atoms with Crippen molar-refractivity contribution in [3.8, 4) is 11.3 Å². The minimum absolute atomic E-state index is 0.295. The van der Waals surface area contributed by atoms with Crippen molar-refractivity contribution in [3.05, 3.63) is 34.1 Å². The van der Waals surface area contributed by atoms with Crippen molar-refractivity contribution >= 4 is 21.7 Å². The molecular formula is C13H15BrFN3. The molecule has 0 atom stereocenters. The van der Waals surface area contributed by atoms with Gasteiger partial charge in [0.05, 0.1) is 10.2 Å². The fourth-order valence-electron chi connectivity index (χ4n) is 1.91. The van der Waals surface area contributed by atoms with Crippen molar-refractivity contribution in [3.63, 3.8) is 0 Å². The average molecular weight is 312 g/mol. The Balaban J connectivity index is 2.54. The van der Waals surface area contributed by atoms with E-state index < -0.39 is 0 Å². The molecule has 3 N–H and O–H groups in total. The highest BCUT2D eigenvalue weighted by molar-refractivity contribution is 9.10. The van der Waals surface area contributed by atoms with E-state index in [9.17, 15) is 4.39 Å². The van der Waals surface area contributed by atoms with E-state index in [2.05, 4.69) is 40.0 Å². The maximum Gasteiger partial charge on any atom is 0.149 e. The van der Waals surface area contributed by atoms with E-state index in [1.54, 1.807) is 6.07 Å². The highest BCUT2D eigenvalue weighted by Gasteiger charge is 2.17. The van der Waals surface area contributed by atoms with Gasteiger partial charge in [-0.2, -0.15) is 5.10 Å². The molecule has 0 amide bonds. The third-order valence-electron chi connectivity index (χ3n) is 2.73. The van der Waals surface area contributed by atoms with Gasteiger partial charge in [0.15, 0.2) is 0 Å². The molecule has 18 heavy (non-hydrogen) atoms. The van der Waals surface area contributed by atoms with E-state index in [0.717, 1.165) is 23.2 Å². The van der Waals surface area contributed by atoms with Crippen LogP contribution >= 0.6 is 15.9 Å². The first-order chi connectivity index (χ1) is 8.50. The van der Waals surface area contributed by atoms with Crippen LogP contribution in [-0.4, -0.2) is 10.2 Å². The zero-order valence-corrected chi connectivity index (χ0v) is 11.9. The molecule has 96 valence electrons. The predicted molar refractivity (Wildman–Crippen MR) is 74.6 cm³/mol. The molecule has 1 heterocycles. The number of halogens is 2. The van der Waals surface area contributed by atoms with Crippen molar-refractivity contribution in [2.45, 2.75) is 20.3 Å². The fraction of sp³-hybridized carbons (Fsp3) is 0.308. The maximum absolute atomic E-state index is 13.6. The van der Waals surface area contributed by atoms with E-state index in [-0.39, 0.29) is 5.82 Å². The molecule has 1 aromatic heterocycles. The number of nitrogens with two attached hydrogens (primary N) is 1. The second-order valence-electron chi connectivity index (χ2n) is 4.66. The van der Waals surface area contributed by atoms with Crippen LogP contribution in [0, 0.1) is 11.7 Å². The van der Waals surface area contributed by atoms with Gasteiger partial charge in [0.2, 0.25) is 0 Å². The molecule has 3 nitrogen and oxygen atoms in total. The fourth-order valence-corrected chi connectivity index (χ4v) is 2.38. The molecule has 0 aliphatic carbocycles. The summed E-state index contributed by atoms with van der Waals surface area (Å²) in [6.45, 7) is 4.22. The number of nitrogen functional groups attached to an aromatic ring is 1. The summed E-state index contributed by atoms with van der Waals surface area (Å²) in [6, 6.07) is 4.92. The maximum atomic E-state index is 13.6. The van der Waals surface area contributed by atoms with Crippen LogP contribution in [0.25, 0.3) is 11.3 Å². The van der Waals surface area contributed by atoms with Gasteiger partial charge in [-0.05, 0) is 34.3 Å². The van der Waals surface area contributed by atoms with Crippen molar-refractivity contribution < 1.29 is 4.39 Å². The third-order valence-corrected chi connectivity index (χ3v) is 3.54. The van der Waals surface area contributed by atoms with E-state index >= 15 is 0 Å². The van der Waals surface area contributed by atoms with Crippen LogP contribution in [0.15, 0.2) is 22.7 Å². The van der Waals surface area contributed by atoms with Crippen LogP contribution in [-0.2, 0) is 6.42 Å². The summed E-state index contributed by atoms with van der Waals surface area (Å²) in [5.41, 5.74) is 8.33. The smallest absolute Gasteiger partial charge is 0.149 e. The predicted octanol–water partition coefficient (Wildman–Crippen LogP) is 3.76. The van der Waals surface area contributed by atoms with Crippen molar-refractivity contribution in [2.24, 2.45) is 5.92 Å². The molecule has 0 unspecified atom stereocenters. The molecule has 0 aliphatic heterocycles. The van der Waals surface area contributed by atoms with Crippen LogP contribution < -0.4 is 5.73 Å². The SMILES string of the molecule is CC(C)Cc1c(N)n[nH]c1-c1cccc(F)c1Br. The Kier molecular flexibility index (Phi) is 3.71. The number of hydrogen-bond donors (Lipinski definition) is 2. The zero-order valence-electron chi connectivity index (χ0n) is 10.3. The lowest BCUT2D eigenvalue weighted by Crippen LogP contribution is -1.99. The van der Waals surface area contributed by atoms with Gasteiger partial charge in [0.1, 0.15) is 11.6 Å². The summed E-state index contributed by atoms with van der Waals surface area (Å²) in [5, 5.41) is 6.92. The van der Waals surface area contributed by atoms with Gasteiger partial charge >= 0.3 is 0 Å². The van der Waals surface area contributed by atoms with E-state index in [1.807, 2.05) is 6.07 Å². The molecule has 2 aromatic rings. The van der Waals surface area contributed by atoms with E-state index in [0.29, 0.717) is 16.2 Å². The highest BCUT2D eigenvalue weighted by atomic mass is 79.9. The van der Waals surface area contributed by atoms with Crippen molar-refractivity contribution in [1.29, 1.82) is 0 Å². The Bertz CT molecular complexity index is 563. The lowest BCUT2D eigenvalue weighted by Gasteiger charge is -2.08. The second-order valence-corrected chi connectivity index (χ2v) is 5.45. The average Bonchev–Trinajstić information content (AvgIpc) is 2.64. The summed E-state index contributed by atoms with van der Waals surface area (Å²) in [7, 11) is 0. The Morgan fingerprint density at radius 2 is 2.17 bits per heavy atom. The molecule has 0 aliphatic rings. The van der Waals surface area contributed by atoms with E-state index in [1.165, 1.54) is 6.07 Å². The summed E-state index contributed by atoms with van der Waals surface area (Å²) in [4.78, 5) is 0. The first-order valence-corrected chi connectivity index (χ1v) is 6.57. The van der Waals surface area contributed by atoms with Crippen molar-refractivity contribution in [2.75, 3.05) is 5.73 Å². The topological polar surface area (TPSA) is 54.7 Å². The number of aromatic nitrogens is 2. The minimum atomic E-state index is -0.295. The number of rotatable bonds is 3.